The third kappa shape index (κ3) is 3.63. The SMILES string of the molecule is O=C(O)CCCNC(=O)NC1CCc2c(Cl)cccc21. The molecule has 0 aromatic heterocycles. The van der Waals surface area contributed by atoms with Crippen LogP contribution in [-0.4, -0.2) is 23.7 Å². The molecule has 0 radical (unpaired) electrons. The van der Waals surface area contributed by atoms with E-state index >= 15 is 0 Å². The molecule has 1 unspecified atom stereocenters. The largest absolute Gasteiger partial charge is 0.481 e. The van der Waals surface area contributed by atoms with Crippen LogP contribution in [0.25, 0.3) is 0 Å². The van der Waals surface area contributed by atoms with Crippen LogP contribution in [-0.2, 0) is 11.2 Å². The van der Waals surface area contributed by atoms with E-state index in [1.54, 1.807) is 0 Å². The smallest absolute Gasteiger partial charge is 0.315 e. The molecule has 1 atom stereocenters. The van der Waals surface area contributed by atoms with E-state index in [-0.39, 0.29) is 18.5 Å². The van der Waals surface area contributed by atoms with Gasteiger partial charge in [0, 0.05) is 18.0 Å². The van der Waals surface area contributed by atoms with Gasteiger partial charge in [0.1, 0.15) is 0 Å². The summed E-state index contributed by atoms with van der Waals surface area (Å²) in [6.45, 7) is 0.354. The second kappa shape index (κ2) is 6.61. The number of carboxylic acids is 1. The molecular weight excluding hydrogens is 280 g/mol. The van der Waals surface area contributed by atoms with Gasteiger partial charge >= 0.3 is 12.0 Å². The molecule has 1 aromatic rings. The number of carboxylic acid groups (broad SMARTS) is 1. The number of rotatable bonds is 5. The van der Waals surface area contributed by atoms with Gasteiger partial charge in [0.2, 0.25) is 0 Å². The van der Waals surface area contributed by atoms with Crippen molar-refractivity contribution in [3.63, 3.8) is 0 Å². The average Bonchev–Trinajstić information content (AvgIpc) is 2.79. The van der Waals surface area contributed by atoms with E-state index < -0.39 is 5.97 Å². The lowest BCUT2D eigenvalue weighted by Gasteiger charge is -2.15. The summed E-state index contributed by atoms with van der Waals surface area (Å²) in [5, 5.41) is 14.8. The van der Waals surface area contributed by atoms with Gasteiger partial charge in [0.15, 0.2) is 0 Å². The first kappa shape index (κ1) is 14.7. The van der Waals surface area contributed by atoms with Crippen molar-refractivity contribution >= 4 is 23.6 Å². The van der Waals surface area contributed by atoms with Gasteiger partial charge in [-0.25, -0.2) is 4.79 Å². The number of carbonyl (C=O) groups is 2. The minimum atomic E-state index is -0.855. The summed E-state index contributed by atoms with van der Waals surface area (Å²) in [7, 11) is 0. The number of aliphatic carboxylic acids is 1. The molecule has 0 bridgehead atoms. The molecule has 0 aliphatic heterocycles. The highest BCUT2D eigenvalue weighted by Gasteiger charge is 2.25. The van der Waals surface area contributed by atoms with Crippen molar-refractivity contribution in [1.82, 2.24) is 10.6 Å². The van der Waals surface area contributed by atoms with Gasteiger partial charge in [0.25, 0.3) is 0 Å². The van der Waals surface area contributed by atoms with E-state index in [9.17, 15) is 9.59 Å². The molecule has 6 heteroatoms. The van der Waals surface area contributed by atoms with Crippen LogP contribution in [0.4, 0.5) is 4.79 Å². The predicted octanol–water partition coefficient (Wildman–Crippen LogP) is 2.49. The highest BCUT2D eigenvalue weighted by molar-refractivity contribution is 6.31. The molecule has 0 saturated heterocycles. The lowest BCUT2D eigenvalue weighted by atomic mass is 10.1. The maximum atomic E-state index is 11.7. The van der Waals surface area contributed by atoms with Gasteiger partial charge in [-0.05, 0) is 36.5 Å². The zero-order valence-electron chi connectivity index (χ0n) is 11.0. The molecule has 3 N–H and O–H groups in total. The fourth-order valence-electron chi connectivity index (χ4n) is 2.41. The first-order chi connectivity index (χ1) is 9.58. The van der Waals surface area contributed by atoms with E-state index in [4.69, 9.17) is 16.7 Å². The van der Waals surface area contributed by atoms with Crippen LogP contribution in [0.2, 0.25) is 5.02 Å². The second-order valence-electron chi connectivity index (χ2n) is 4.80. The van der Waals surface area contributed by atoms with Crippen molar-refractivity contribution < 1.29 is 14.7 Å². The molecule has 20 heavy (non-hydrogen) atoms. The van der Waals surface area contributed by atoms with Crippen LogP contribution in [0.3, 0.4) is 0 Å². The van der Waals surface area contributed by atoms with Crippen molar-refractivity contribution in [1.29, 1.82) is 0 Å². The fraction of sp³-hybridized carbons (Fsp3) is 0.429. The third-order valence-corrected chi connectivity index (χ3v) is 3.73. The number of halogens is 1. The van der Waals surface area contributed by atoms with Crippen LogP contribution >= 0.6 is 11.6 Å². The Morgan fingerprint density at radius 1 is 1.40 bits per heavy atom. The second-order valence-corrected chi connectivity index (χ2v) is 5.20. The summed E-state index contributed by atoms with van der Waals surface area (Å²) in [5.41, 5.74) is 2.17. The Morgan fingerprint density at radius 2 is 2.20 bits per heavy atom. The Kier molecular flexibility index (Phi) is 4.84. The fourth-order valence-corrected chi connectivity index (χ4v) is 2.69. The van der Waals surface area contributed by atoms with Crippen LogP contribution in [0.1, 0.15) is 36.4 Å². The van der Waals surface area contributed by atoms with E-state index in [2.05, 4.69) is 10.6 Å². The summed E-state index contributed by atoms with van der Waals surface area (Å²) < 4.78 is 0. The number of carbonyl (C=O) groups excluding carboxylic acids is 1. The summed E-state index contributed by atoms with van der Waals surface area (Å²) in [4.78, 5) is 22.1. The Morgan fingerprint density at radius 3 is 2.95 bits per heavy atom. The molecule has 1 aromatic carbocycles. The highest BCUT2D eigenvalue weighted by Crippen LogP contribution is 2.35. The van der Waals surface area contributed by atoms with Gasteiger partial charge in [-0.15, -0.1) is 0 Å². The van der Waals surface area contributed by atoms with E-state index in [0.717, 1.165) is 29.0 Å². The summed E-state index contributed by atoms with van der Waals surface area (Å²) >= 11 is 6.12. The van der Waals surface area contributed by atoms with E-state index in [1.807, 2.05) is 18.2 Å². The molecule has 0 fully saturated rings. The molecule has 2 rings (SSSR count). The number of urea groups is 1. The van der Waals surface area contributed by atoms with E-state index in [1.165, 1.54) is 0 Å². The molecule has 0 saturated carbocycles. The van der Waals surface area contributed by atoms with Gasteiger partial charge < -0.3 is 15.7 Å². The standard InChI is InChI=1S/C14H17ClN2O3/c15-11-4-1-3-10-9(11)6-7-12(10)17-14(20)16-8-2-5-13(18)19/h1,3-4,12H,2,5-8H2,(H,18,19)(H2,16,17,20). The van der Waals surface area contributed by atoms with Crippen molar-refractivity contribution in [3.05, 3.63) is 34.3 Å². The number of nitrogens with one attached hydrogen (secondary N) is 2. The molecular formula is C14H17ClN2O3. The van der Waals surface area contributed by atoms with Crippen molar-refractivity contribution in [3.8, 4) is 0 Å². The first-order valence-corrected chi connectivity index (χ1v) is 6.99. The molecule has 0 spiro atoms. The Labute approximate surface area is 122 Å². The average molecular weight is 297 g/mol. The lowest BCUT2D eigenvalue weighted by molar-refractivity contribution is -0.137. The minimum Gasteiger partial charge on any atom is -0.481 e. The molecule has 1 aliphatic carbocycles. The van der Waals surface area contributed by atoms with Gasteiger partial charge in [-0.1, -0.05) is 23.7 Å². The number of hydrogen-bond acceptors (Lipinski definition) is 2. The monoisotopic (exact) mass is 296 g/mol. The van der Waals surface area contributed by atoms with Crippen LogP contribution < -0.4 is 10.6 Å². The number of benzene rings is 1. The van der Waals surface area contributed by atoms with Crippen molar-refractivity contribution in [2.45, 2.75) is 31.7 Å². The number of hydrogen-bond donors (Lipinski definition) is 3. The molecule has 108 valence electrons. The topological polar surface area (TPSA) is 78.4 Å². The Balaban J connectivity index is 1.82. The van der Waals surface area contributed by atoms with Gasteiger partial charge in [0.05, 0.1) is 6.04 Å². The maximum absolute atomic E-state index is 11.7. The third-order valence-electron chi connectivity index (χ3n) is 3.37. The summed E-state index contributed by atoms with van der Waals surface area (Å²) in [6.07, 6.45) is 2.18. The van der Waals surface area contributed by atoms with Crippen LogP contribution in [0.15, 0.2) is 18.2 Å². The molecule has 2 amide bonds. The molecule has 5 nitrogen and oxygen atoms in total. The number of fused-ring (bicyclic) bond motifs is 1. The Bertz CT molecular complexity index is 519. The quantitative estimate of drug-likeness (QED) is 0.731. The predicted molar refractivity (Wildman–Crippen MR) is 75.9 cm³/mol. The molecule has 0 heterocycles. The summed E-state index contributed by atoms with van der Waals surface area (Å²) in [5.74, 6) is -0.855. The van der Waals surface area contributed by atoms with Gasteiger partial charge in [-0.3, -0.25) is 4.79 Å². The normalized spacial score (nSPS) is 16.6. The minimum absolute atomic E-state index is 0.0248. The maximum Gasteiger partial charge on any atom is 0.315 e. The summed E-state index contributed by atoms with van der Waals surface area (Å²) in [6, 6.07) is 5.42. The number of amides is 2. The first-order valence-electron chi connectivity index (χ1n) is 6.61. The van der Waals surface area contributed by atoms with Crippen molar-refractivity contribution in [2.24, 2.45) is 0 Å². The van der Waals surface area contributed by atoms with Crippen molar-refractivity contribution in [2.75, 3.05) is 6.54 Å². The van der Waals surface area contributed by atoms with Gasteiger partial charge in [-0.2, -0.15) is 0 Å². The van der Waals surface area contributed by atoms with Crippen LogP contribution in [0.5, 0.6) is 0 Å². The molecule has 1 aliphatic rings. The van der Waals surface area contributed by atoms with E-state index in [0.29, 0.717) is 13.0 Å². The highest BCUT2D eigenvalue weighted by atomic mass is 35.5. The lowest BCUT2D eigenvalue weighted by Crippen LogP contribution is -2.37. The zero-order valence-corrected chi connectivity index (χ0v) is 11.7. The zero-order chi connectivity index (χ0) is 14.5. The van der Waals surface area contributed by atoms with Crippen LogP contribution in [0, 0.1) is 0 Å². The Hall–Kier alpha value is -1.75.